The molecule has 0 radical (unpaired) electrons. The van der Waals surface area contributed by atoms with Gasteiger partial charge in [0.1, 0.15) is 17.3 Å². The lowest BCUT2D eigenvalue weighted by molar-refractivity contribution is 0.0945. The van der Waals surface area contributed by atoms with Gasteiger partial charge in [0.05, 0.1) is 11.6 Å². The third-order valence-electron chi connectivity index (χ3n) is 5.35. The van der Waals surface area contributed by atoms with Crippen LogP contribution in [-0.2, 0) is 6.54 Å². The van der Waals surface area contributed by atoms with Crippen LogP contribution in [0, 0.1) is 12.7 Å². The van der Waals surface area contributed by atoms with Crippen molar-refractivity contribution in [2.45, 2.75) is 38.8 Å². The van der Waals surface area contributed by atoms with Gasteiger partial charge in [0, 0.05) is 30.6 Å². The summed E-state index contributed by atoms with van der Waals surface area (Å²) in [7, 11) is 0. The highest BCUT2D eigenvalue weighted by atomic mass is 32.1. The summed E-state index contributed by atoms with van der Waals surface area (Å²) in [5.41, 5.74) is 0.869. The van der Waals surface area contributed by atoms with E-state index < -0.39 is 0 Å². The highest BCUT2D eigenvalue weighted by molar-refractivity contribution is 7.09. The first kappa shape index (κ1) is 21.2. The summed E-state index contributed by atoms with van der Waals surface area (Å²) in [6, 6.07) is 9.44. The first-order valence-electron chi connectivity index (χ1n) is 10.3. The molecule has 9 heteroatoms. The number of aromatic nitrogens is 3. The number of benzene rings is 1. The maximum Gasteiger partial charge on any atom is 0.270 e. The van der Waals surface area contributed by atoms with Crippen LogP contribution in [0.1, 0.15) is 40.3 Å². The molecule has 0 bridgehead atoms. The summed E-state index contributed by atoms with van der Waals surface area (Å²) in [4.78, 5) is 31.1. The molecule has 1 amide bonds. The Kier molecular flexibility index (Phi) is 6.41. The fourth-order valence-electron chi connectivity index (χ4n) is 3.80. The molecule has 0 aliphatic carbocycles. The number of nitrogens with zero attached hydrogens (tertiary/aromatic N) is 4. The van der Waals surface area contributed by atoms with Gasteiger partial charge < -0.3 is 10.2 Å². The van der Waals surface area contributed by atoms with Gasteiger partial charge in [-0.1, -0.05) is 12.1 Å². The molecular formula is C22H24FN5O2S. The van der Waals surface area contributed by atoms with Crippen LogP contribution in [-0.4, -0.2) is 39.8 Å². The Bertz CT molecular complexity index is 1130. The topological polar surface area (TPSA) is 80.1 Å². The minimum absolute atomic E-state index is 0.0741. The molecule has 4 rings (SSSR count). The van der Waals surface area contributed by atoms with Gasteiger partial charge in [-0.3, -0.25) is 9.59 Å². The standard InChI is InChI=1S/C22H24FN5O2S/c1-15-25-19(14-31-15)22(30)24-12-18-7-2-3-10-27(18)20-8-9-21(29)28(26-20)13-16-5-4-6-17(23)11-16/h4-6,8-9,11,14,18H,2-3,7,10,12-13H2,1H3,(H,24,30). The van der Waals surface area contributed by atoms with E-state index in [4.69, 9.17) is 0 Å². The van der Waals surface area contributed by atoms with E-state index >= 15 is 0 Å². The van der Waals surface area contributed by atoms with Gasteiger partial charge in [-0.15, -0.1) is 11.3 Å². The average molecular weight is 442 g/mol. The number of anilines is 1. The monoisotopic (exact) mass is 441 g/mol. The van der Waals surface area contributed by atoms with Crippen molar-refractivity contribution in [1.29, 1.82) is 0 Å². The summed E-state index contributed by atoms with van der Waals surface area (Å²) < 4.78 is 14.9. The van der Waals surface area contributed by atoms with E-state index in [0.717, 1.165) is 30.8 Å². The molecular weight excluding hydrogens is 417 g/mol. The zero-order valence-corrected chi connectivity index (χ0v) is 18.1. The van der Waals surface area contributed by atoms with Crippen LogP contribution in [0.5, 0.6) is 0 Å². The fraction of sp³-hybridized carbons (Fsp3) is 0.364. The first-order valence-corrected chi connectivity index (χ1v) is 11.2. The van der Waals surface area contributed by atoms with Crippen LogP contribution in [0.4, 0.5) is 10.2 Å². The molecule has 0 spiro atoms. The fourth-order valence-corrected chi connectivity index (χ4v) is 4.39. The third kappa shape index (κ3) is 5.16. The minimum atomic E-state index is -0.344. The lowest BCUT2D eigenvalue weighted by atomic mass is 10.0. The Labute approximate surface area is 183 Å². The molecule has 7 nitrogen and oxygen atoms in total. The number of hydrogen-bond donors (Lipinski definition) is 1. The molecule has 3 heterocycles. The minimum Gasteiger partial charge on any atom is -0.350 e. The van der Waals surface area contributed by atoms with E-state index in [1.165, 1.54) is 34.2 Å². The molecule has 162 valence electrons. The molecule has 1 fully saturated rings. The number of thiazole rings is 1. The number of amides is 1. The van der Waals surface area contributed by atoms with Gasteiger partial charge in [-0.2, -0.15) is 5.10 Å². The van der Waals surface area contributed by atoms with Crippen LogP contribution in [0.15, 0.2) is 46.6 Å². The lowest BCUT2D eigenvalue weighted by Gasteiger charge is -2.36. The van der Waals surface area contributed by atoms with E-state index in [1.807, 2.05) is 6.92 Å². The largest absolute Gasteiger partial charge is 0.350 e. The second kappa shape index (κ2) is 9.38. The summed E-state index contributed by atoms with van der Waals surface area (Å²) >= 11 is 1.45. The van der Waals surface area contributed by atoms with E-state index in [2.05, 4.69) is 20.3 Å². The first-order chi connectivity index (χ1) is 15.0. The van der Waals surface area contributed by atoms with Crippen molar-refractivity contribution in [2.24, 2.45) is 0 Å². The number of halogens is 1. The molecule has 1 aliphatic rings. The Hall–Kier alpha value is -3.07. The van der Waals surface area contributed by atoms with E-state index in [1.54, 1.807) is 23.6 Å². The summed E-state index contributed by atoms with van der Waals surface area (Å²) in [5.74, 6) is 0.155. The molecule has 1 aliphatic heterocycles. The van der Waals surface area contributed by atoms with Crippen molar-refractivity contribution in [2.75, 3.05) is 18.0 Å². The zero-order chi connectivity index (χ0) is 21.8. The van der Waals surface area contributed by atoms with Crippen molar-refractivity contribution in [3.05, 3.63) is 74.2 Å². The Morgan fingerprint density at radius 2 is 2.16 bits per heavy atom. The quantitative estimate of drug-likeness (QED) is 0.636. The Morgan fingerprint density at radius 1 is 1.29 bits per heavy atom. The number of hydrogen-bond acceptors (Lipinski definition) is 6. The van der Waals surface area contributed by atoms with Crippen molar-refractivity contribution in [3.63, 3.8) is 0 Å². The SMILES string of the molecule is Cc1nc(C(=O)NCC2CCCCN2c2ccc(=O)n(Cc3cccc(F)c3)n2)cs1. The number of carbonyl (C=O) groups excluding carboxylic acids is 1. The second-order valence-electron chi connectivity index (χ2n) is 7.62. The Balaban J connectivity index is 1.49. The van der Waals surface area contributed by atoms with Crippen molar-refractivity contribution >= 4 is 23.1 Å². The van der Waals surface area contributed by atoms with Crippen LogP contribution >= 0.6 is 11.3 Å². The zero-order valence-electron chi connectivity index (χ0n) is 17.3. The Morgan fingerprint density at radius 3 is 2.94 bits per heavy atom. The molecule has 1 N–H and O–H groups in total. The number of aryl methyl sites for hydroxylation is 1. The van der Waals surface area contributed by atoms with Gasteiger partial charge >= 0.3 is 0 Å². The maximum absolute atomic E-state index is 13.5. The van der Waals surface area contributed by atoms with Gasteiger partial charge in [-0.05, 0) is 49.9 Å². The summed E-state index contributed by atoms with van der Waals surface area (Å²) in [5, 5.41) is 10.1. The molecule has 2 aromatic heterocycles. The predicted octanol–water partition coefficient (Wildman–Crippen LogP) is 2.98. The van der Waals surface area contributed by atoms with Gasteiger partial charge in [0.25, 0.3) is 11.5 Å². The van der Waals surface area contributed by atoms with E-state index in [9.17, 15) is 14.0 Å². The molecule has 1 unspecified atom stereocenters. The van der Waals surface area contributed by atoms with Crippen LogP contribution in [0.3, 0.4) is 0 Å². The van der Waals surface area contributed by atoms with Crippen LogP contribution in [0.2, 0.25) is 0 Å². The van der Waals surface area contributed by atoms with Crippen LogP contribution in [0.25, 0.3) is 0 Å². The number of nitrogens with one attached hydrogen (secondary N) is 1. The van der Waals surface area contributed by atoms with Crippen molar-refractivity contribution < 1.29 is 9.18 Å². The highest BCUT2D eigenvalue weighted by Crippen LogP contribution is 2.22. The number of rotatable bonds is 6. The maximum atomic E-state index is 13.5. The van der Waals surface area contributed by atoms with Gasteiger partial charge in [0.2, 0.25) is 0 Å². The highest BCUT2D eigenvalue weighted by Gasteiger charge is 2.25. The smallest absolute Gasteiger partial charge is 0.270 e. The molecule has 3 aromatic rings. The molecule has 1 aromatic carbocycles. The molecule has 31 heavy (non-hydrogen) atoms. The van der Waals surface area contributed by atoms with E-state index in [-0.39, 0.29) is 29.9 Å². The van der Waals surface area contributed by atoms with Gasteiger partial charge in [-0.25, -0.2) is 14.1 Å². The molecule has 1 saturated heterocycles. The van der Waals surface area contributed by atoms with Gasteiger partial charge in [0.15, 0.2) is 0 Å². The predicted molar refractivity (Wildman–Crippen MR) is 118 cm³/mol. The normalized spacial score (nSPS) is 16.3. The van der Waals surface area contributed by atoms with Crippen molar-refractivity contribution in [1.82, 2.24) is 20.1 Å². The third-order valence-corrected chi connectivity index (χ3v) is 6.12. The second-order valence-corrected chi connectivity index (χ2v) is 8.68. The van der Waals surface area contributed by atoms with Crippen LogP contribution < -0.4 is 15.8 Å². The summed E-state index contributed by atoms with van der Waals surface area (Å²) in [6.07, 6.45) is 3.00. The lowest BCUT2D eigenvalue weighted by Crippen LogP contribution is -2.47. The molecule has 0 saturated carbocycles. The number of piperidine rings is 1. The van der Waals surface area contributed by atoms with Crippen molar-refractivity contribution in [3.8, 4) is 0 Å². The average Bonchev–Trinajstić information content (AvgIpc) is 3.20. The molecule has 1 atom stereocenters. The van der Waals surface area contributed by atoms with E-state index in [0.29, 0.717) is 23.6 Å². The summed E-state index contributed by atoms with van der Waals surface area (Å²) in [6.45, 7) is 3.33. The number of carbonyl (C=O) groups is 1.